The number of carbonyl (C=O) groups is 1. The van der Waals surface area contributed by atoms with Crippen molar-refractivity contribution in [1.82, 2.24) is 9.78 Å². The van der Waals surface area contributed by atoms with Gasteiger partial charge in [0.05, 0.1) is 4.47 Å². The normalized spacial score (nSPS) is 10.0. The second kappa shape index (κ2) is 3.53. The van der Waals surface area contributed by atoms with Crippen LogP contribution in [0, 0.1) is 3.70 Å². The van der Waals surface area contributed by atoms with Gasteiger partial charge >= 0.3 is 5.97 Å². The fourth-order valence-electron chi connectivity index (χ4n) is 0.593. The summed E-state index contributed by atoms with van der Waals surface area (Å²) in [6.07, 6.45) is 1.63. The van der Waals surface area contributed by atoms with Crippen molar-refractivity contribution >= 4 is 44.5 Å². The first-order valence-corrected chi connectivity index (χ1v) is 4.57. The minimum atomic E-state index is -0.892. The number of nitrogens with zero attached hydrogens (tertiary/aromatic N) is 2. The third-order valence-corrected chi connectivity index (χ3v) is 3.09. The summed E-state index contributed by atoms with van der Waals surface area (Å²) in [7, 11) is 0. The number of halogens is 2. The maximum Gasteiger partial charge on any atom is 0.325 e. The van der Waals surface area contributed by atoms with E-state index in [9.17, 15) is 4.79 Å². The number of carboxylic acid groups (broad SMARTS) is 1. The third kappa shape index (κ3) is 2.44. The molecule has 0 bridgehead atoms. The van der Waals surface area contributed by atoms with E-state index in [4.69, 9.17) is 5.11 Å². The van der Waals surface area contributed by atoms with Gasteiger partial charge in [0.15, 0.2) is 0 Å². The minimum Gasteiger partial charge on any atom is -0.480 e. The zero-order valence-corrected chi connectivity index (χ0v) is 9.03. The molecule has 0 aliphatic heterocycles. The molecule has 0 spiro atoms. The van der Waals surface area contributed by atoms with E-state index < -0.39 is 5.97 Å². The first-order valence-electron chi connectivity index (χ1n) is 2.70. The van der Waals surface area contributed by atoms with Gasteiger partial charge < -0.3 is 5.11 Å². The maximum atomic E-state index is 10.2. The zero-order chi connectivity index (χ0) is 8.43. The predicted molar refractivity (Wildman–Crippen MR) is 50.3 cm³/mol. The Labute approximate surface area is 84.9 Å². The molecule has 0 saturated heterocycles. The van der Waals surface area contributed by atoms with Crippen LogP contribution in [0.5, 0.6) is 0 Å². The Morgan fingerprint density at radius 3 is 2.91 bits per heavy atom. The van der Waals surface area contributed by atoms with Crippen LogP contribution in [0.2, 0.25) is 0 Å². The SMILES string of the molecule is O=C(O)Cn1cc(Br)c(I)n1. The average Bonchev–Trinajstić information content (AvgIpc) is 2.10. The van der Waals surface area contributed by atoms with Crippen LogP contribution in [0.4, 0.5) is 0 Å². The second-order valence-electron chi connectivity index (χ2n) is 1.86. The predicted octanol–water partition coefficient (Wildman–Crippen LogP) is 1.33. The number of aliphatic carboxylic acids is 1. The van der Waals surface area contributed by atoms with Crippen LogP contribution in [0.1, 0.15) is 0 Å². The number of aromatic nitrogens is 2. The van der Waals surface area contributed by atoms with Crippen molar-refractivity contribution in [2.75, 3.05) is 0 Å². The number of hydrogen-bond acceptors (Lipinski definition) is 2. The lowest BCUT2D eigenvalue weighted by Crippen LogP contribution is -2.08. The van der Waals surface area contributed by atoms with Crippen molar-refractivity contribution in [3.63, 3.8) is 0 Å². The van der Waals surface area contributed by atoms with Gasteiger partial charge in [0.2, 0.25) is 0 Å². The monoisotopic (exact) mass is 330 g/mol. The van der Waals surface area contributed by atoms with Gasteiger partial charge in [0.1, 0.15) is 10.2 Å². The Kier molecular flexibility index (Phi) is 2.88. The molecule has 6 heteroatoms. The molecule has 1 rings (SSSR count). The summed E-state index contributed by atoms with van der Waals surface area (Å²) in [5.74, 6) is -0.892. The van der Waals surface area contributed by atoms with Crippen LogP contribution in [-0.2, 0) is 11.3 Å². The van der Waals surface area contributed by atoms with Crippen molar-refractivity contribution < 1.29 is 9.90 Å². The second-order valence-corrected chi connectivity index (χ2v) is 3.74. The van der Waals surface area contributed by atoms with E-state index in [1.807, 2.05) is 22.6 Å². The van der Waals surface area contributed by atoms with Crippen molar-refractivity contribution in [2.24, 2.45) is 0 Å². The Hall–Kier alpha value is -0.110. The van der Waals surface area contributed by atoms with Crippen LogP contribution >= 0.6 is 38.5 Å². The maximum absolute atomic E-state index is 10.2. The van der Waals surface area contributed by atoms with Gasteiger partial charge in [0, 0.05) is 6.20 Å². The molecule has 0 aromatic carbocycles. The number of rotatable bonds is 2. The largest absolute Gasteiger partial charge is 0.480 e. The van der Waals surface area contributed by atoms with E-state index in [-0.39, 0.29) is 6.54 Å². The molecule has 1 N–H and O–H groups in total. The van der Waals surface area contributed by atoms with E-state index in [2.05, 4.69) is 21.0 Å². The van der Waals surface area contributed by atoms with Crippen LogP contribution in [0.25, 0.3) is 0 Å². The van der Waals surface area contributed by atoms with Gasteiger partial charge in [-0.1, -0.05) is 0 Å². The van der Waals surface area contributed by atoms with Gasteiger partial charge in [-0.05, 0) is 38.5 Å². The summed E-state index contributed by atoms with van der Waals surface area (Å²) in [5, 5.41) is 12.3. The van der Waals surface area contributed by atoms with E-state index in [0.29, 0.717) is 0 Å². The van der Waals surface area contributed by atoms with Crippen LogP contribution in [0.15, 0.2) is 10.7 Å². The Morgan fingerprint density at radius 2 is 2.55 bits per heavy atom. The first kappa shape index (κ1) is 8.98. The highest BCUT2D eigenvalue weighted by Gasteiger charge is 2.04. The molecule has 1 aromatic heterocycles. The number of carboxylic acids is 1. The lowest BCUT2D eigenvalue weighted by Gasteiger charge is -1.91. The fraction of sp³-hybridized carbons (Fsp3) is 0.200. The van der Waals surface area contributed by atoms with E-state index >= 15 is 0 Å². The molecule has 0 fully saturated rings. The summed E-state index contributed by atoms with van der Waals surface area (Å²) in [5.41, 5.74) is 0. The molecular formula is C5H4BrIN2O2. The van der Waals surface area contributed by atoms with Gasteiger partial charge in [-0.2, -0.15) is 5.10 Å². The van der Waals surface area contributed by atoms with Crippen molar-refractivity contribution in [2.45, 2.75) is 6.54 Å². The zero-order valence-electron chi connectivity index (χ0n) is 5.29. The molecule has 1 aromatic rings. The van der Waals surface area contributed by atoms with E-state index in [1.165, 1.54) is 4.68 Å². The molecule has 0 amide bonds. The Morgan fingerprint density at radius 1 is 1.91 bits per heavy atom. The molecule has 0 unspecified atom stereocenters. The topological polar surface area (TPSA) is 55.1 Å². The first-order chi connectivity index (χ1) is 5.09. The van der Waals surface area contributed by atoms with Gasteiger partial charge in [-0.3, -0.25) is 9.48 Å². The molecule has 60 valence electrons. The third-order valence-electron chi connectivity index (χ3n) is 0.973. The van der Waals surface area contributed by atoms with Crippen LogP contribution in [0.3, 0.4) is 0 Å². The van der Waals surface area contributed by atoms with E-state index in [1.54, 1.807) is 6.20 Å². The van der Waals surface area contributed by atoms with Crippen LogP contribution in [-0.4, -0.2) is 20.9 Å². The lowest BCUT2D eigenvalue weighted by atomic mass is 10.6. The Balaban J connectivity index is 2.81. The summed E-state index contributed by atoms with van der Waals surface area (Å²) in [4.78, 5) is 10.2. The highest BCUT2D eigenvalue weighted by molar-refractivity contribution is 14.1. The Bertz CT molecular complexity index is 267. The van der Waals surface area contributed by atoms with Crippen LogP contribution < -0.4 is 0 Å². The molecule has 0 saturated carbocycles. The molecule has 0 atom stereocenters. The molecule has 0 aliphatic rings. The van der Waals surface area contributed by atoms with Crippen molar-refractivity contribution in [3.05, 3.63) is 14.4 Å². The number of hydrogen-bond donors (Lipinski definition) is 1. The van der Waals surface area contributed by atoms with Crippen molar-refractivity contribution in [1.29, 1.82) is 0 Å². The van der Waals surface area contributed by atoms with E-state index in [0.717, 1.165) is 8.17 Å². The highest BCUT2D eigenvalue weighted by atomic mass is 127. The molecular weight excluding hydrogens is 327 g/mol. The quantitative estimate of drug-likeness (QED) is 0.832. The van der Waals surface area contributed by atoms with Gasteiger partial charge in [-0.25, -0.2) is 0 Å². The summed E-state index contributed by atoms with van der Waals surface area (Å²) < 4.78 is 2.96. The molecule has 1 heterocycles. The molecule has 4 nitrogen and oxygen atoms in total. The minimum absolute atomic E-state index is 0.0956. The van der Waals surface area contributed by atoms with Crippen molar-refractivity contribution in [3.8, 4) is 0 Å². The summed E-state index contributed by atoms with van der Waals surface area (Å²) >= 11 is 5.24. The van der Waals surface area contributed by atoms with Gasteiger partial charge in [0.25, 0.3) is 0 Å². The molecule has 11 heavy (non-hydrogen) atoms. The standard InChI is InChI=1S/C5H4BrIN2O2/c6-3-1-9(2-4(10)11)8-5(3)7/h1H,2H2,(H,10,11). The fourth-order valence-corrected chi connectivity index (χ4v) is 1.33. The summed E-state index contributed by atoms with van der Waals surface area (Å²) in [6, 6.07) is 0. The molecule has 0 radical (unpaired) electrons. The lowest BCUT2D eigenvalue weighted by molar-refractivity contribution is -0.137. The van der Waals surface area contributed by atoms with Gasteiger partial charge in [-0.15, -0.1) is 0 Å². The smallest absolute Gasteiger partial charge is 0.325 e. The molecule has 0 aliphatic carbocycles. The average molecular weight is 331 g/mol. The highest BCUT2D eigenvalue weighted by Crippen LogP contribution is 2.16. The summed E-state index contributed by atoms with van der Waals surface area (Å²) in [6.45, 7) is -0.0956.